The van der Waals surface area contributed by atoms with Gasteiger partial charge in [0.15, 0.2) is 0 Å². The lowest BCUT2D eigenvalue weighted by Crippen LogP contribution is -2.23. The molecule has 1 aliphatic heterocycles. The fourth-order valence-corrected chi connectivity index (χ4v) is 2.70. The summed E-state index contributed by atoms with van der Waals surface area (Å²) in [5.74, 6) is 1.95. The Balaban J connectivity index is 1.97. The summed E-state index contributed by atoms with van der Waals surface area (Å²) in [5.41, 5.74) is 1.62. The van der Waals surface area contributed by atoms with Gasteiger partial charge in [0.2, 0.25) is 5.91 Å². The van der Waals surface area contributed by atoms with Crippen LogP contribution in [0.5, 0.6) is 11.5 Å². The Morgan fingerprint density at radius 3 is 2.74 bits per heavy atom. The zero-order chi connectivity index (χ0) is 16.4. The molecule has 6 nitrogen and oxygen atoms in total. The molecule has 0 radical (unpaired) electrons. The van der Waals surface area contributed by atoms with E-state index in [1.54, 1.807) is 32.6 Å². The van der Waals surface area contributed by atoms with Gasteiger partial charge in [-0.2, -0.15) is 5.10 Å². The molecule has 0 N–H and O–H groups in total. The highest BCUT2D eigenvalue weighted by molar-refractivity contribution is 6.05. The van der Waals surface area contributed by atoms with Crippen LogP contribution < -0.4 is 9.47 Å². The van der Waals surface area contributed by atoms with Crippen molar-refractivity contribution in [2.24, 2.45) is 5.10 Å². The number of hydrazone groups is 1. The third-order valence-corrected chi connectivity index (χ3v) is 3.82. The number of furan rings is 1. The fourth-order valence-electron chi connectivity index (χ4n) is 2.70. The van der Waals surface area contributed by atoms with Gasteiger partial charge < -0.3 is 13.9 Å². The van der Waals surface area contributed by atoms with Crippen LogP contribution in [0, 0.1) is 0 Å². The third kappa shape index (κ3) is 2.79. The van der Waals surface area contributed by atoms with Gasteiger partial charge in [0.25, 0.3) is 0 Å². The Morgan fingerprint density at radius 1 is 1.30 bits per heavy atom. The quantitative estimate of drug-likeness (QED) is 0.870. The zero-order valence-electron chi connectivity index (χ0n) is 13.3. The number of amides is 1. The normalized spacial score (nSPS) is 17.1. The molecule has 0 aliphatic carbocycles. The van der Waals surface area contributed by atoms with Gasteiger partial charge in [-0.25, -0.2) is 5.01 Å². The fraction of sp³-hybridized carbons (Fsp3) is 0.294. The van der Waals surface area contributed by atoms with Gasteiger partial charge in [-0.3, -0.25) is 4.79 Å². The molecule has 1 atom stereocenters. The number of nitrogens with zero attached hydrogens (tertiary/aromatic N) is 2. The number of carbonyl (C=O) groups excluding carboxylic acids is 1. The molecule has 1 amide bonds. The number of methoxy groups -OCH3 is 2. The van der Waals surface area contributed by atoms with Crippen LogP contribution in [0.1, 0.15) is 30.7 Å². The largest absolute Gasteiger partial charge is 0.497 e. The number of benzene rings is 1. The van der Waals surface area contributed by atoms with Crippen LogP contribution in [-0.2, 0) is 4.79 Å². The molecular formula is C17H18N2O4. The van der Waals surface area contributed by atoms with Gasteiger partial charge in [-0.1, -0.05) is 0 Å². The third-order valence-electron chi connectivity index (χ3n) is 3.82. The van der Waals surface area contributed by atoms with Gasteiger partial charge in [-0.05, 0) is 24.3 Å². The summed E-state index contributed by atoms with van der Waals surface area (Å²) < 4.78 is 16.1. The number of carbonyl (C=O) groups is 1. The monoisotopic (exact) mass is 314 g/mol. The summed E-state index contributed by atoms with van der Waals surface area (Å²) in [6.07, 6.45) is 2.16. The molecule has 1 aromatic carbocycles. The second kappa shape index (κ2) is 6.16. The van der Waals surface area contributed by atoms with Gasteiger partial charge >= 0.3 is 0 Å². The molecule has 0 saturated heterocycles. The van der Waals surface area contributed by atoms with Crippen molar-refractivity contribution >= 4 is 11.6 Å². The molecular weight excluding hydrogens is 296 g/mol. The Labute approximate surface area is 134 Å². The van der Waals surface area contributed by atoms with Crippen molar-refractivity contribution < 1.29 is 18.7 Å². The highest BCUT2D eigenvalue weighted by Crippen LogP contribution is 2.36. The first-order chi connectivity index (χ1) is 11.1. The number of rotatable bonds is 4. The van der Waals surface area contributed by atoms with Crippen molar-refractivity contribution in [3.63, 3.8) is 0 Å². The molecule has 1 aromatic heterocycles. The predicted molar refractivity (Wildman–Crippen MR) is 84.7 cm³/mol. The lowest BCUT2D eigenvalue weighted by molar-refractivity contribution is -0.130. The van der Waals surface area contributed by atoms with Crippen molar-refractivity contribution in [3.8, 4) is 11.5 Å². The minimum absolute atomic E-state index is 0.131. The summed E-state index contributed by atoms with van der Waals surface area (Å²) >= 11 is 0. The zero-order valence-corrected chi connectivity index (χ0v) is 13.3. The minimum atomic E-state index is -0.232. The van der Waals surface area contributed by atoms with Crippen molar-refractivity contribution in [1.29, 1.82) is 0 Å². The molecule has 2 aromatic rings. The highest BCUT2D eigenvalue weighted by Gasteiger charge is 2.34. The van der Waals surface area contributed by atoms with E-state index in [2.05, 4.69) is 5.10 Å². The highest BCUT2D eigenvalue weighted by atomic mass is 16.5. The van der Waals surface area contributed by atoms with E-state index in [9.17, 15) is 4.79 Å². The Bertz CT molecular complexity index is 737. The summed E-state index contributed by atoms with van der Waals surface area (Å²) in [4.78, 5) is 11.9. The summed E-state index contributed by atoms with van der Waals surface area (Å²) in [7, 11) is 3.20. The molecule has 6 heteroatoms. The Morgan fingerprint density at radius 2 is 2.13 bits per heavy atom. The van der Waals surface area contributed by atoms with E-state index < -0.39 is 0 Å². The SMILES string of the molecule is COc1ccc(C2=NN(C(C)=O)C(c3ccco3)C2)c(OC)c1. The van der Waals surface area contributed by atoms with E-state index in [-0.39, 0.29) is 11.9 Å². The summed E-state index contributed by atoms with van der Waals surface area (Å²) in [6.45, 7) is 1.49. The van der Waals surface area contributed by atoms with Crippen LogP contribution in [0.25, 0.3) is 0 Å². The first kappa shape index (κ1) is 15.1. The molecule has 23 heavy (non-hydrogen) atoms. The Kier molecular flexibility index (Phi) is 4.06. The molecule has 0 fully saturated rings. The Hall–Kier alpha value is -2.76. The van der Waals surface area contributed by atoms with Crippen LogP contribution in [0.3, 0.4) is 0 Å². The van der Waals surface area contributed by atoms with Crippen LogP contribution in [0.4, 0.5) is 0 Å². The van der Waals surface area contributed by atoms with E-state index in [0.717, 1.165) is 11.3 Å². The topological polar surface area (TPSA) is 64.3 Å². The maximum Gasteiger partial charge on any atom is 0.240 e. The number of ether oxygens (including phenoxy) is 2. The van der Waals surface area contributed by atoms with E-state index in [1.807, 2.05) is 18.2 Å². The van der Waals surface area contributed by atoms with Crippen LogP contribution in [-0.4, -0.2) is 30.8 Å². The number of hydrogen-bond acceptors (Lipinski definition) is 5. The van der Waals surface area contributed by atoms with Crippen LogP contribution >= 0.6 is 0 Å². The second-order valence-corrected chi connectivity index (χ2v) is 5.21. The maximum absolute atomic E-state index is 11.9. The average Bonchev–Trinajstić information content (AvgIpc) is 3.23. The van der Waals surface area contributed by atoms with Gasteiger partial charge in [0.05, 0.1) is 26.2 Å². The predicted octanol–water partition coefficient (Wildman–Crippen LogP) is 2.99. The standard InChI is InChI=1S/C17H18N2O4/c1-11(20)19-15(16-5-4-8-23-16)10-14(18-19)13-7-6-12(21-2)9-17(13)22-3/h4-9,15H,10H2,1-3H3. The van der Waals surface area contributed by atoms with E-state index >= 15 is 0 Å². The lowest BCUT2D eigenvalue weighted by Gasteiger charge is -2.17. The molecule has 2 heterocycles. The van der Waals surface area contributed by atoms with Gasteiger partial charge in [0.1, 0.15) is 23.3 Å². The van der Waals surface area contributed by atoms with Crippen molar-refractivity contribution in [2.45, 2.75) is 19.4 Å². The van der Waals surface area contributed by atoms with Crippen LogP contribution in [0.2, 0.25) is 0 Å². The first-order valence-electron chi connectivity index (χ1n) is 7.27. The average molecular weight is 314 g/mol. The molecule has 0 bridgehead atoms. The molecule has 1 unspecified atom stereocenters. The van der Waals surface area contributed by atoms with Gasteiger partial charge in [0, 0.05) is 25.0 Å². The molecule has 0 saturated carbocycles. The second-order valence-electron chi connectivity index (χ2n) is 5.21. The van der Waals surface area contributed by atoms with E-state index in [1.165, 1.54) is 11.9 Å². The molecule has 1 aliphatic rings. The van der Waals surface area contributed by atoms with Gasteiger partial charge in [-0.15, -0.1) is 0 Å². The summed E-state index contributed by atoms with van der Waals surface area (Å²) in [6, 6.07) is 8.96. The minimum Gasteiger partial charge on any atom is -0.497 e. The molecule has 3 rings (SSSR count). The van der Waals surface area contributed by atoms with Crippen molar-refractivity contribution in [3.05, 3.63) is 47.9 Å². The maximum atomic E-state index is 11.9. The first-order valence-corrected chi connectivity index (χ1v) is 7.27. The number of hydrogen-bond donors (Lipinski definition) is 0. The van der Waals surface area contributed by atoms with Crippen molar-refractivity contribution in [1.82, 2.24) is 5.01 Å². The molecule has 0 spiro atoms. The van der Waals surface area contributed by atoms with E-state index in [4.69, 9.17) is 13.9 Å². The smallest absolute Gasteiger partial charge is 0.240 e. The van der Waals surface area contributed by atoms with E-state index in [0.29, 0.717) is 23.7 Å². The van der Waals surface area contributed by atoms with Crippen molar-refractivity contribution in [2.75, 3.05) is 14.2 Å². The lowest BCUT2D eigenvalue weighted by atomic mass is 10.0. The van der Waals surface area contributed by atoms with Crippen LogP contribution in [0.15, 0.2) is 46.1 Å². The summed E-state index contributed by atoms with van der Waals surface area (Å²) in [5, 5.41) is 5.94. The molecule has 120 valence electrons.